The quantitative estimate of drug-likeness (QED) is 0.518. The van der Waals surface area contributed by atoms with Crippen LogP contribution in [0.15, 0.2) is 36.4 Å². The molecule has 0 amide bonds. The van der Waals surface area contributed by atoms with E-state index in [0.29, 0.717) is 12.2 Å². The lowest BCUT2D eigenvalue weighted by Gasteiger charge is -2.38. The fourth-order valence-corrected chi connectivity index (χ4v) is 4.68. The van der Waals surface area contributed by atoms with Crippen molar-refractivity contribution < 1.29 is 14.3 Å². The highest BCUT2D eigenvalue weighted by Gasteiger charge is 2.39. The molecule has 1 aliphatic heterocycles. The van der Waals surface area contributed by atoms with Gasteiger partial charge in [0.15, 0.2) is 0 Å². The summed E-state index contributed by atoms with van der Waals surface area (Å²) in [4.78, 5) is 12.4. The number of benzene rings is 2. The molecule has 0 bridgehead atoms. The van der Waals surface area contributed by atoms with E-state index in [9.17, 15) is 4.79 Å². The maximum atomic E-state index is 12.4. The van der Waals surface area contributed by atoms with Crippen LogP contribution in [-0.2, 0) is 23.0 Å². The molecule has 1 atom stereocenters. The van der Waals surface area contributed by atoms with Crippen molar-refractivity contribution >= 4 is 31.1 Å². The molecule has 4 rings (SSSR count). The Morgan fingerprint density at radius 2 is 1.86 bits per heavy atom. The Morgan fingerprint density at radius 3 is 2.62 bits per heavy atom. The van der Waals surface area contributed by atoms with Crippen LogP contribution in [0.4, 0.5) is 0 Å². The molecular weight excluding hydrogens is 404 g/mol. The van der Waals surface area contributed by atoms with E-state index in [1.807, 2.05) is 39.0 Å². The van der Waals surface area contributed by atoms with E-state index in [1.54, 1.807) is 6.07 Å². The predicted octanol–water partition coefficient (Wildman–Crippen LogP) is 6.01. The third kappa shape index (κ3) is 4.59. The van der Waals surface area contributed by atoms with Gasteiger partial charge in [0.1, 0.15) is 11.4 Å². The van der Waals surface area contributed by atoms with E-state index in [4.69, 9.17) is 21.1 Å². The maximum Gasteiger partial charge on any atom is 0.338 e. The van der Waals surface area contributed by atoms with Crippen molar-refractivity contribution in [3.63, 3.8) is 0 Å². The van der Waals surface area contributed by atoms with Crippen LogP contribution in [0.1, 0.15) is 67.1 Å². The molecule has 0 aromatic heterocycles. The number of fused-ring (bicyclic) bond motifs is 3. The second-order valence-corrected chi connectivity index (χ2v) is 9.48. The lowest BCUT2D eigenvalue weighted by Crippen LogP contribution is -2.36. The monoisotopic (exact) mass is 432 g/mol. The largest absolute Gasteiger partial charge is 0.492 e. The van der Waals surface area contributed by atoms with Gasteiger partial charge in [-0.25, -0.2) is 4.79 Å². The third-order valence-electron chi connectivity index (χ3n) is 5.81. The summed E-state index contributed by atoms with van der Waals surface area (Å²) in [5.41, 5.74) is 3.91. The normalized spacial score (nSPS) is 20.6. The Kier molecular flexibility index (Phi) is 6.26. The number of rotatable bonds is 1. The summed E-state index contributed by atoms with van der Waals surface area (Å²) in [7, 11) is 0. The molecule has 0 saturated heterocycles. The van der Waals surface area contributed by atoms with Gasteiger partial charge in [0, 0.05) is 10.4 Å². The Morgan fingerprint density at radius 1 is 1.07 bits per heavy atom. The fraction of sp³-hybridized carbons (Fsp3) is 0.458. The van der Waals surface area contributed by atoms with Crippen LogP contribution < -0.4 is 4.74 Å². The molecule has 156 valence electrons. The summed E-state index contributed by atoms with van der Waals surface area (Å²) < 4.78 is 11.8. The van der Waals surface area contributed by atoms with Gasteiger partial charge in [-0.3, -0.25) is 0 Å². The molecule has 0 unspecified atom stereocenters. The average molecular weight is 433 g/mol. The number of hydrogen-bond donors (Lipinski definition) is 0. The molecule has 5 heteroatoms. The molecule has 29 heavy (non-hydrogen) atoms. The Hall–Kier alpha value is -1.65. The van der Waals surface area contributed by atoms with Crippen molar-refractivity contribution in [2.45, 2.75) is 63.9 Å². The Bertz CT molecular complexity index is 919. The first-order valence-corrected chi connectivity index (χ1v) is 10.4. The number of carbonyl (C=O) groups excluding carboxylic acids is 1. The number of esters is 1. The molecule has 0 saturated carbocycles. The second-order valence-electron chi connectivity index (χ2n) is 9.05. The highest BCUT2D eigenvalue weighted by atomic mass is 35.5. The van der Waals surface area contributed by atoms with Gasteiger partial charge < -0.3 is 9.47 Å². The summed E-state index contributed by atoms with van der Waals surface area (Å²) in [6, 6.07) is 11.9. The second kappa shape index (κ2) is 8.23. The zero-order valence-corrected chi connectivity index (χ0v) is 19.1. The molecule has 0 N–H and O–H groups in total. The first kappa shape index (κ1) is 22.0. The predicted molar refractivity (Wildman–Crippen MR) is 122 cm³/mol. The van der Waals surface area contributed by atoms with Gasteiger partial charge >= 0.3 is 5.97 Å². The lowest BCUT2D eigenvalue weighted by molar-refractivity contribution is 0.00694. The summed E-state index contributed by atoms with van der Waals surface area (Å²) in [5.74, 6) is 0.595. The van der Waals surface area contributed by atoms with Crippen LogP contribution in [0, 0.1) is 0 Å². The van der Waals surface area contributed by atoms with E-state index < -0.39 is 5.60 Å². The molecule has 0 radical (unpaired) electrons. The van der Waals surface area contributed by atoms with Crippen LogP contribution in [0.5, 0.6) is 5.75 Å². The Balaban J connectivity index is 0.00000240. The third-order valence-corrected chi connectivity index (χ3v) is 6.05. The number of aryl methyl sites for hydroxylation is 2. The van der Waals surface area contributed by atoms with Crippen LogP contribution in [0.25, 0.3) is 0 Å². The maximum absolute atomic E-state index is 12.4. The first-order valence-electron chi connectivity index (χ1n) is 10.0. The highest BCUT2D eigenvalue weighted by molar-refractivity contribution is 7.59. The van der Waals surface area contributed by atoms with Crippen molar-refractivity contribution in [2.24, 2.45) is 0 Å². The number of carbonyl (C=O) groups is 1. The van der Waals surface area contributed by atoms with E-state index in [-0.39, 0.29) is 24.9 Å². The van der Waals surface area contributed by atoms with E-state index >= 15 is 0 Å². The summed E-state index contributed by atoms with van der Waals surface area (Å²) >= 11 is 6.23. The van der Waals surface area contributed by atoms with Crippen molar-refractivity contribution in [3.05, 3.63) is 63.7 Å². The molecular formula is C24H29ClO3S. The standard InChI is InChI=1S/C24H27ClO3.H2S/c1-23(2,3)28-22(26)18-6-9-21-17(13-18)10-12-24(15-27-21)11-4-5-16-14-19(25)7-8-20(16)24;/h6-9,13-14H,4-5,10-12,15H2,1-3H3;1H2/t24-;/m0./s1. The molecule has 2 aromatic carbocycles. The SMILES string of the molecule is CC(C)(C)OC(=O)c1ccc2c(c1)CC[C@@]1(CCCc3cc(Cl)ccc31)CO2.S. The van der Waals surface area contributed by atoms with Gasteiger partial charge in [-0.1, -0.05) is 17.7 Å². The minimum atomic E-state index is -0.502. The van der Waals surface area contributed by atoms with Gasteiger partial charge in [-0.05, 0) is 99.9 Å². The van der Waals surface area contributed by atoms with E-state index in [0.717, 1.165) is 48.4 Å². The molecule has 2 aromatic rings. The average Bonchev–Trinajstić information content (AvgIpc) is 2.80. The van der Waals surface area contributed by atoms with Crippen molar-refractivity contribution in [1.82, 2.24) is 0 Å². The van der Waals surface area contributed by atoms with Gasteiger partial charge in [0.05, 0.1) is 12.2 Å². The van der Waals surface area contributed by atoms with Crippen LogP contribution in [0.3, 0.4) is 0 Å². The molecule has 3 nitrogen and oxygen atoms in total. The molecule has 0 fully saturated rings. The van der Waals surface area contributed by atoms with Gasteiger partial charge in [-0.15, -0.1) is 0 Å². The molecule has 2 aliphatic rings. The molecule has 1 aliphatic carbocycles. The van der Waals surface area contributed by atoms with Gasteiger partial charge in [0.2, 0.25) is 0 Å². The first-order chi connectivity index (χ1) is 13.3. The number of hydrogen-bond acceptors (Lipinski definition) is 3. The summed E-state index contributed by atoms with van der Waals surface area (Å²) in [5, 5.41) is 0.802. The van der Waals surface area contributed by atoms with E-state index in [2.05, 4.69) is 12.1 Å². The lowest BCUT2D eigenvalue weighted by atomic mass is 9.68. The minimum Gasteiger partial charge on any atom is -0.492 e. The van der Waals surface area contributed by atoms with E-state index in [1.165, 1.54) is 11.1 Å². The van der Waals surface area contributed by atoms with Gasteiger partial charge in [0.25, 0.3) is 0 Å². The van der Waals surface area contributed by atoms with Crippen LogP contribution >= 0.6 is 25.1 Å². The number of ether oxygens (including phenoxy) is 2. The smallest absolute Gasteiger partial charge is 0.338 e. The Labute approximate surface area is 185 Å². The van der Waals surface area contributed by atoms with Gasteiger partial charge in [-0.2, -0.15) is 13.5 Å². The van der Waals surface area contributed by atoms with Crippen molar-refractivity contribution in [2.75, 3.05) is 6.61 Å². The fourth-order valence-electron chi connectivity index (χ4n) is 4.49. The molecule has 1 heterocycles. The zero-order chi connectivity index (χ0) is 19.9. The van der Waals surface area contributed by atoms with Crippen molar-refractivity contribution in [3.8, 4) is 5.75 Å². The number of halogens is 1. The van der Waals surface area contributed by atoms with Crippen LogP contribution in [-0.4, -0.2) is 18.2 Å². The summed E-state index contributed by atoms with van der Waals surface area (Å²) in [6.07, 6.45) is 5.23. The topological polar surface area (TPSA) is 35.5 Å². The van der Waals surface area contributed by atoms with Crippen molar-refractivity contribution in [1.29, 1.82) is 0 Å². The zero-order valence-electron chi connectivity index (χ0n) is 17.3. The summed E-state index contributed by atoms with van der Waals surface area (Å²) in [6.45, 7) is 6.32. The minimum absolute atomic E-state index is 0. The molecule has 1 spiro atoms. The van der Waals surface area contributed by atoms with Crippen LogP contribution in [0.2, 0.25) is 5.02 Å². The highest BCUT2D eigenvalue weighted by Crippen LogP contribution is 2.44.